The van der Waals surface area contributed by atoms with Crippen molar-refractivity contribution in [2.24, 2.45) is 5.41 Å². The molecule has 122 valence electrons. The minimum Gasteiger partial charge on any atom is -0.351 e. The van der Waals surface area contributed by atoms with Gasteiger partial charge in [-0.3, -0.25) is 4.79 Å². The second-order valence-corrected chi connectivity index (χ2v) is 7.31. The van der Waals surface area contributed by atoms with Crippen LogP contribution in [0.5, 0.6) is 0 Å². The van der Waals surface area contributed by atoms with Crippen LogP contribution in [0.15, 0.2) is 41.1 Å². The molecule has 0 unspecified atom stereocenters. The van der Waals surface area contributed by atoms with Crippen LogP contribution in [-0.4, -0.2) is 35.3 Å². The average Bonchev–Trinajstić information content (AvgIpc) is 3.04. The summed E-state index contributed by atoms with van der Waals surface area (Å²) in [5.74, 6) is -0.0619. The van der Waals surface area contributed by atoms with Gasteiger partial charge in [-0.1, -0.05) is 22.9 Å². The molecule has 2 heterocycles. The van der Waals surface area contributed by atoms with Crippen LogP contribution in [0.2, 0.25) is 0 Å². The summed E-state index contributed by atoms with van der Waals surface area (Å²) in [6.07, 6.45) is 5.56. The predicted molar refractivity (Wildman–Crippen MR) is 93.8 cm³/mol. The Bertz CT molecular complexity index is 674. The third-order valence-corrected chi connectivity index (χ3v) is 4.95. The van der Waals surface area contributed by atoms with Gasteiger partial charge in [0.25, 0.3) is 5.91 Å². The Morgan fingerprint density at radius 1 is 1.35 bits per heavy atom. The molecule has 2 N–H and O–H groups in total. The normalized spacial score (nSPS) is 17.0. The van der Waals surface area contributed by atoms with Crippen LogP contribution in [0.25, 0.3) is 5.69 Å². The molecule has 1 aromatic heterocycles. The van der Waals surface area contributed by atoms with Crippen LogP contribution >= 0.6 is 15.9 Å². The van der Waals surface area contributed by atoms with Crippen LogP contribution < -0.4 is 10.6 Å². The summed E-state index contributed by atoms with van der Waals surface area (Å²) in [7, 11) is 0. The summed E-state index contributed by atoms with van der Waals surface area (Å²) in [4.78, 5) is 12.3. The largest absolute Gasteiger partial charge is 0.351 e. The summed E-state index contributed by atoms with van der Waals surface area (Å²) in [5, 5.41) is 10.7. The maximum absolute atomic E-state index is 12.3. The summed E-state index contributed by atoms with van der Waals surface area (Å²) in [6, 6.07) is 7.81. The molecule has 6 heteroatoms. The molecule has 0 bridgehead atoms. The van der Waals surface area contributed by atoms with E-state index in [9.17, 15) is 4.79 Å². The number of nitrogens with one attached hydrogen (secondary N) is 2. The van der Waals surface area contributed by atoms with Gasteiger partial charge in [-0.2, -0.15) is 5.10 Å². The lowest BCUT2D eigenvalue weighted by Crippen LogP contribution is -2.42. The van der Waals surface area contributed by atoms with Crippen LogP contribution in [0.1, 0.15) is 30.1 Å². The molecular weight excluding hydrogens is 356 g/mol. The Morgan fingerprint density at radius 2 is 2.04 bits per heavy atom. The quantitative estimate of drug-likeness (QED) is 0.862. The monoisotopic (exact) mass is 376 g/mol. The fourth-order valence-corrected chi connectivity index (χ4v) is 3.04. The molecular formula is C17H21BrN4O. The highest BCUT2D eigenvalue weighted by molar-refractivity contribution is 9.10. The lowest BCUT2D eigenvalue weighted by Gasteiger charge is -2.34. The molecule has 1 saturated heterocycles. The van der Waals surface area contributed by atoms with Gasteiger partial charge in [0.05, 0.1) is 17.4 Å². The van der Waals surface area contributed by atoms with E-state index in [2.05, 4.69) is 38.6 Å². The number of rotatable bonds is 4. The van der Waals surface area contributed by atoms with Gasteiger partial charge in [-0.25, -0.2) is 4.68 Å². The maximum atomic E-state index is 12.3. The number of benzene rings is 1. The lowest BCUT2D eigenvalue weighted by molar-refractivity contribution is 0.0922. The molecule has 1 aliphatic heterocycles. The van der Waals surface area contributed by atoms with Crippen molar-refractivity contribution in [3.05, 3.63) is 46.7 Å². The summed E-state index contributed by atoms with van der Waals surface area (Å²) in [6.45, 7) is 4.98. The van der Waals surface area contributed by atoms with Gasteiger partial charge < -0.3 is 10.6 Å². The van der Waals surface area contributed by atoms with Crippen molar-refractivity contribution in [3.63, 3.8) is 0 Å². The highest BCUT2D eigenvalue weighted by atomic mass is 79.9. The van der Waals surface area contributed by atoms with E-state index in [1.54, 1.807) is 17.1 Å². The molecule has 0 aliphatic carbocycles. The van der Waals surface area contributed by atoms with Crippen LogP contribution in [0.3, 0.4) is 0 Å². The topological polar surface area (TPSA) is 59.0 Å². The van der Waals surface area contributed by atoms with Crippen molar-refractivity contribution in [1.82, 2.24) is 20.4 Å². The van der Waals surface area contributed by atoms with E-state index < -0.39 is 0 Å². The van der Waals surface area contributed by atoms with Crippen molar-refractivity contribution in [2.45, 2.75) is 19.8 Å². The van der Waals surface area contributed by atoms with Crippen molar-refractivity contribution in [1.29, 1.82) is 0 Å². The van der Waals surface area contributed by atoms with Crippen LogP contribution in [0, 0.1) is 5.41 Å². The second-order valence-electron chi connectivity index (χ2n) is 6.39. The number of halogens is 1. The number of aromatic nitrogens is 2. The minimum atomic E-state index is -0.0619. The highest BCUT2D eigenvalue weighted by Crippen LogP contribution is 2.26. The third kappa shape index (κ3) is 4.00. The average molecular weight is 377 g/mol. The van der Waals surface area contributed by atoms with E-state index in [-0.39, 0.29) is 11.3 Å². The molecule has 3 rings (SSSR count). The van der Waals surface area contributed by atoms with E-state index in [1.165, 1.54) is 0 Å². The summed E-state index contributed by atoms with van der Waals surface area (Å²) < 4.78 is 2.73. The van der Waals surface area contributed by atoms with Crippen molar-refractivity contribution >= 4 is 21.8 Å². The SMILES string of the molecule is CC1(CNC(=O)c2cnn(-c3ccc(Br)cc3)c2)CCNCC1. The zero-order valence-electron chi connectivity index (χ0n) is 13.2. The first-order valence-corrected chi connectivity index (χ1v) is 8.65. The van der Waals surface area contributed by atoms with E-state index in [0.29, 0.717) is 12.1 Å². The zero-order chi connectivity index (χ0) is 16.3. The van der Waals surface area contributed by atoms with Gasteiger partial charge in [-0.15, -0.1) is 0 Å². The Hall–Kier alpha value is -1.66. The molecule has 2 aromatic rings. The van der Waals surface area contributed by atoms with E-state index >= 15 is 0 Å². The van der Waals surface area contributed by atoms with E-state index in [4.69, 9.17) is 0 Å². The van der Waals surface area contributed by atoms with Crippen molar-refractivity contribution in [3.8, 4) is 5.69 Å². The molecule has 1 aliphatic rings. The molecule has 5 nitrogen and oxygen atoms in total. The Morgan fingerprint density at radius 3 is 2.74 bits per heavy atom. The predicted octanol–water partition coefficient (Wildman–Crippen LogP) is 2.75. The number of carbonyl (C=O) groups excluding carboxylic acids is 1. The zero-order valence-corrected chi connectivity index (χ0v) is 14.8. The molecule has 0 radical (unpaired) electrons. The number of carbonyl (C=O) groups is 1. The number of hydrogen-bond acceptors (Lipinski definition) is 3. The Kier molecular flexibility index (Phi) is 4.82. The molecule has 23 heavy (non-hydrogen) atoms. The minimum absolute atomic E-state index is 0.0619. The summed E-state index contributed by atoms with van der Waals surface area (Å²) in [5.41, 5.74) is 1.70. The fraction of sp³-hybridized carbons (Fsp3) is 0.412. The number of piperidine rings is 1. The third-order valence-electron chi connectivity index (χ3n) is 4.42. The first kappa shape index (κ1) is 16.2. The molecule has 0 spiro atoms. The fourth-order valence-electron chi connectivity index (χ4n) is 2.78. The van der Waals surface area contributed by atoms with Gasteiger partial charge in [0.1, 0.15) is 0 Å². The second kappa shape index (κ2) is 6.84. The standard InChI is InChI=1S/C17H21BrN4O/c1-17(6-8-19-9-7-17)12-20-16(23)13-10-21-22(11-13)15-4-2-14(18)3-5-15/h2-5,10-11,19H,6-9,12H2,1H3,(H,20,23). The Balaban J connectivity index is 1.63. The van der Waals surface area contributed by atoms with Crippen molar-refractivity contribution in [2.75, 3.05) is 19.6 Å². The van der Waals surface area contributed by atoms with Gasteiger partial charge in [0.15, 0.2) is 0 Å². The van der Waals surface area contributed by atoms with Gasteiger partial charge in [0.2, 0.25) is 0 Å². The Labute approximate surface area is 144 Å². The van der Waals surface area contributed by atoms with Crippen LogP contribution in [-0.2, 0) is 0 Å². The van der Waals surface area contributed by atoms with E-state index in [1.807, 2.05) is 24.3 Å². The van der Waals surface area contributed by atoms with Gasteiger partial charge >= 0.3 is 0 Å². The number of amides is 1. The molecule has 1 fully saturated rings. The highest BCUT2D eigenvalue weighted by Gasteiger charge is 2.27. The summed E-state index contributed by atoms with van der Waals surface area (Å²) >= 11 is 3.41. The molecule has 1 amide bonds. The maximum Gasteiger partial charge on any atom is 0.254 e. The molecule has 1 aromatic carbocycles. The number of nitrogens with zero attached hydrogens (tertiary/aromatic N) is 2. The van der Waals surface area contributed by atoms with Crippen LogP contribution in [0.4, 0.5) is 0 Å². The van der Waals surface area contributed by atoms with E-state index in [0.717, 1.165) is 36.1 Å². The smallest absolute Gasteiger partial charge is 0.254 e. The van der Waals surface area contributed by atoms with Gasteiger partial charge in [0, 0.05) is 17.2 Å². The van der Waals surface area contributed by atoms with Crippen molar-refractivity contribution < 1.29 is 4.79 Å². The lowest BCUT2D eigenvalue weighted by atomic mass is 9.81. The number of hydrogen-bond donors (Lipinski definition) is 2. The van der Waals surface area contributed by atoms with Gasteiger partial charge in [-0.05, 0) is 55.6 Å². The molecule has 0 saturated carbocycles. The molecule has 0 atom stereocenters. The first-order chi connectivity index (χ1) is 11.1. The first-order valence-electron chi connectivity index (χ1n) is 7.85.